The van der Waals surface area contributed by atoms with Crippen LogP contribution >= 0.6 is 11.3 Å². The summed E-state index contributed by atoms with van der Waals surface area (Å²) >= 11 is 1.51. The Morgan fingerprint density at radius 3 is 2.85 bits per heavy atom. The Hall–Kier alpha value is -4.81. The largest absolute Gasteiger partial charge is 0.329 e. The van der Waals surface area contributed by atoms with Gasteiger partial charge in [-0.3, -0.25) is 14.5 Å². The van der Waals surface area contributed by atoms with E-state index in [1.807, 2.05) is 18.2 Å². The summed E-state index contributed by atoms with van der Waals surface area (Å²) in [6.07, 6.45) is 6.51. The van der Waals surface area contributed by atoms with Gasteiger partial charge in [-0.25, -0.2) is 14.4 Å². The van der Waals surface area contributed by atoms with Crippen molar-refractivity contribution in [3.8, 4) is 16.1 Å². The third-order valence-electron chi connectivity index (χ3n) is 7.20. The average molecular weight is 567 g/mol. The molecule has 1 atom stereocenters. The number of carbonyl (C=O) groups excluding carboxylic acids is 1. The van der Waals surface area contributed by atoms with E-state index in [1.165, 1.54) is 34.2 Å². The van der Waals surface area contributed by atoms with Gasteiger partial charge in [0, 0.05) is 52.2 Å². The van der Waals surface area contributed by atoms with Gasteiger partial charge in [0.1, 0.15) is 17.2 Å². The number of aromatic nitrogens is 6. The number of amides is 1. The molecule has 7 rings (SSSR count). The van der Waals surface area contributed by atoms with Crippen molar-refractivity contribution in [1.29, 1.82) is 0 Å². The number of rotatable bonds is 5. The topological polar surface area (TPSA) is 122 Å². The first-order valence-corrected chi connectivity index (χ1v) is 14.0. The summed E-state index contributed by atoms with van der Waals surface area (Å²) in [5.41, 5.74) is 1.99. The number of carbonyl (C=O) groups is 1. The lowest BCUT2D eigenvalue weighted by Crippen LogP contribution is -2.49. The van der Waals surface area contributed by atoms with Crippen molar-refractivity contribution in [2.24, 2.45) is 0 Å². The third kappa shape index (κ3) is 4.56. The first-order valence-electron chi connectivity index (χ1n) is 13.1. The van der Waals surface area contributed by atoms with Crippen LogP contribution < -0.4 is 15.8 Å². The molecule has 0 bridgehead atoms. The molecule has 41 heavy (non-hydrogen) atoms. The van der Waals surface area contributed by atoms with Crippen LogP contribution in [0.25, 0.3) is 37.4 Å². The molecule has 1 amide bonds. The first-order chi connectivity index (χ1) is 20.1. The Bertz CT molecular complexity index is 1980. The van der Waals surface area contributed by atoms with E-state index in [2.05, 4.69) is 30.6 Å². The Labute approximate surface area is 236 Å². The highest BCUT2D eigenvalue weighted by Crippen LogP contribution is 2.38. The molecule has 10 nitrogen and oxygen atoms in total. The number of piperidine rings is 1. The summed E-state index contributed by atoms with van der Waals surface area (Å²) in [7, 11) is 0. The number of H-pyrrole nitrogens is 1. The zero-order valence-corrected chi connectivity index (χ0v) is 22.4. The highest BCUT2D eigenvalue weighted by molar-refractivity contribution is 7.22. The fourth-order valence-electron chi connectivity index (χ4n) is 5.25. The summed E-state index contributed by atoms with van der Waals surface area (Å²) in [6.45, 7) is 1.41. The first kappa shape index (κ1) is 25.2. The number of halogens is 1. The van der Waals surface area contributed by atoms with E-state index in [-0.39, 0.29) is 17.2 Å². The molecule has 1 fully saturated rings. The van der Waals surface area contributed by atoms with Gasteiger partial charge in [0.15, 0.2) is 5.65 Å². The van der Waals surface area contributed by atoms with Crippen molar-refractivity contribution in [1.82, 2.24) is 35.3 Å². The van der Waals surface area contributed by atoms with Crippen molar-refractivity contribution in [3.05, 3.63) is 94.9 Å². The minimum absolute atomic E-state index is 0.0689. The van der Waals surface area contributed by atoms with Crippen molar-refractivity contribution >= 4 is 44.3 Å². The zero-order valence-electron chi connectivity index (χ0n) is 21.6. The maximum atomic E-state index is 15.7. The number of hydrogen-bond acceptors (Lipinski definition) is 8. The van der Waals surface area contributed by atoms with Crippen molar-refractivity contribution in [3.63, 3.8) is 0 Å². The molecule has 6 aromatic rings. The smallest absolute Gasteiger partial charge is 0.262 e. The van der Waals surface area contributed by atoms with Gasteiger partial charge in [-0.05, 0) is 67.4 Å². The number of fused-ring (bicyclic) bond motifs is 2. The molecular formula is C29H23FN8O2S. The molecule has 12 heteroatoms. The van der Waals surface area contributed by atoms with Crippen LogP contribution in [0.4, 0.5) is 10.2 Å². The molecule has 0 spiro atoms. The van der Waals surface area contributed by atoms with Crippen LogP contribution in [0.3, 0.4) is 0 Å². The maximum absolute atomic E-state index is 15.7. The van der Waals surface area contributed by atoms with Crippen LogP contribution in [0.5, 0.6) is 0 Å². The second-order valence-corrected chi connectivity index (χ2v) is 10.9. The molecule has 6 heterocycles. The van der Waals surface area contributed by atoms with E-state index in [0.29, 0.717) is 29.2 Å². The molecule has 204 valence electrons. The van der Waals surface area contributed by atoms with Gasteiger partial charge >= 0.3 is 0 Å². The van der Waals surface area contributed by atoms with Gasteiger partial charge < -0.3 is 10.3 Å². The minimum Gasteiger partial charge on any atom is -0.329 e. The Balaban J connectivity index is 1.31. The van der Waals surface area contributed by atoms with Crippen LogP contribution in [-0.4, -0.2) is 55.0 Å². The lowest BCUT2D eigenvalue weighted by molar-refractivity contribution is 0.0968. The highest BCUT2D eigenvalue weighted by atomic mass is 32.1. The van der Waals surface area contributed by atoms with Crippen molar-refractivity contribution < 1.29 is 9.18 Å². The Kier molecular flexibility index (Phi) is 6.33. The standard InChI is InChI=1S/C29H23FN8O2S/c30-22-14-18(38-28-23(35-36-38)4-2-10-33-28)5-6-20(22)29(40)37(19-3-1-9-31-16-19)27-21-15-25(41-24(21)8-12-34-27)17-7-11-32-26(39)13-17/h2,4-8,10-15,19,31H,1,3,9,16H2,(H,32,39)/t19-/m1/s1. The minimum atomic E-state index is -0.678. The molecule has 0 radical (unpaired) electrons. The number of aromatic amines is 1. The van der Waals surface area contributed by atoms with E-state index in [1.54, 1.807) is 41.7 Å². The molecular weight excluding hydrogens is 543 g/mol. The molecule has 1 aliphatic rings. The maximum Gasteiger partial charge on any atom is 0.262 e. The van der Waals surface area contributed by atoms with Crippen LogP contribution in [0.2, 0.25) is 0 Å². The van der Waals surface area contributed by atoms with Gasteiger partial charge in [-0.15, -0.1) is 16.4 Å². The van der Waals surface area contributed by atoms with E-state index < -0.39 is 11.7 Å². The highest BCUT2D eigenvalue weighted by Gasteiger charge is 2.32. The average Bonchev–Trinajstić information content (AvgIpc) is 3.63. The molecule has 0 saturated carbocycles. The van der Waals surface area contributed by atoms with Crippen molar-refractivity contribution in [2.75, 3.05) is 18.0 Å². The lowest BCUT2D eigenvalue weighted by atomic mass is 10.0. The van der Waals surface area contributed by atoms with Crippen LogP contribution in [0, 0.1) is 5.82 Å². The fraction of sp³-hybridized carbons (Fsp3) is 0.172. The Morgan fingerprint density at radius 2 is 2.02 bits per heavy atom. The second kappa shape index (κ2) is 10.3. The number of benzene rings is 1. The fourth-order valence-corrected chi connectivity index (χ4v) is 6.30. The van der Waals surface area contributed by atoms with Gasteiger partial charge in [-0.1, -0.05) is 5.21 Å². The Morgan fingerprint density at radius 1 is 1.10 bits per heavy atom. The molecule has 1 aromatic carbocycles. The van der Waals surface area contributed by atoms with Gasteiger partial charge in [0.25, 0.3) is 5.91 Å². The molecule has 1 aliphatic heterocycles. The number of pyridine rings is 3. The number of thiophene rings is 1. The van der Waals surface area contributed by atoms with Crippen LogP contribution in [0.15, 0.2) is 78.0 Å². The lowest BCUT2D eigenvalue weighted by Gasteiger charge is -2.34. The van der Waals surface area contributed by atoms with E-state index in [0.717, 1.165) is 39.9 Å². The second-order valence-electron chi connectivity index (χ2n) is 9.79. The van der Waals surface area contributed by atoms with Gasteiger partial charge in [0.2, 0.25) is 5.56 Å². The van der Waals surface area contributed by atoms with Crippen LogP contribution in [0.1, 0.15) is 23.2 Å². The monoisotopic (exact) mass is 566 g/mol. The number of anilines is 1. The molecule has 0 aliphatic carbocycles. The predicted octanol–water partition coefficient (Wildman–Crippen LogP) is 4.32. The van der Waals surface area contributed by atoms with E-state index >= 15 is 4.39 Å². The molecule has 1 saturated heterocycles. The normalized spacial score (nSPS) is 15.4. The SMILES string of the molecule is O=C(c1ccc(-n2nnc3cccnc32)cc1F)N(c1nccc2sc(-c3cc[nH]c(=O)c3)cc12)[C@@H]1CCCNC1. The van der Waals surface area contributed by atoms with E-state index in [4.69, 9.17) is 0 Å². The summed E-state index contributed by atoms with van der Waals surface area (Å²) in [4.78, 5) is 40.2. The molecule has 5 aromatic heterocycles. The predicted molar refractivity (Wildman–Crippen MR) is 155 cm³/mol. The molecule has 2 N–H and O–H groups in total. The number of nitrogens with one attached hydrogen (secondary N) is 2. The quantitative estimate of drug-likeness (QED) is 0.319. The summed E-state index contributed by atoms with van der Waals surface area (Å²) in [5, 5.41) is 12.3. The van der Waals surface area contributed by atoms with Crippen LogP contribution in [-0.2, 0) is 0 Å². The van der Waals surface area contributed by atoms with Gasteiger partial charge in [-0.2, -0.15) is 4.68 Å². The van der Waals surface area contributed by atoms with Gasteiger partial charge in [0.05, 0.1) is 17.3 Å². The number of hydrogen-bond donors (Lipinski definition) is 2. The summed E-state index contributed by atoms with van der Waals surface area (Å²) < 4.78 is 18.1. The number of nitrogens with zero attached hydrogens (tertiary/aromatic N) is 6. The molecule has 0 unspecified atom stereocenters. The zero-order chi connectivity index (χ0) is 27.9. The summed E-state index contributed by atoms with van der Waals surface area (Å²) in [6, 6.07) is 14.9. The summed E-state index contributed by atoms with van der Waals surface area (Å²) in [5.74, 6) is -0.695. The third-order valence-corrected chi connectivity index (χ3v) is 8.35. The van der Waals surface area contributed by atoms with Crippen molar-refractivity contribution in [2.45, 2.75) is 18.9 Å². The van der Waals surface area contributed by atoms with E-state index in [9.17, 15) is 9.59 Å².